The minimum absolute atomic E-state index is 0.146. The first kappa shape index (κ1) is 20.5. The van der Waals surface area contributed by atoms with Crippen molar-refractivity contribution in [3.8, 4) is 0 Å². The first-order chi connectivity index (χ1) is 9.95. The number of thioether (sulfide) groups is 1. The molecule has 2 N–H and O–H groups in total. The van der Waals surface area contributed by atoms with Gasteiger partial charge in [-0.3, -0.25) is 0 Å². The van der Waals surface area contributed by atoms with Crippen LogP contribution in [0.15, 0.2) is 34.9 Å². The molecule has 0 aliphatic carbocycles. The van der Waals surface area contributed by atoms with Crippen molar-refractivity contribution in [3.05, 3.63) is 34.9 Å². The van der Waals surface area contributed by atoms with E-state index in [9.17, 15) is 5.11 Å². The number of hydrogen-bond acceptors (Lipinski definition) is 3. The lowest BCUT2D eigenvalue weighted by Gasteiger charge is -2.05. The summed E-state index contributed by atoms with van der Waals surface area (Å²) in [5.41, 5.74) is 4.26. The Morgan fingerprint density at radius 2 is 1.52 bits per heavy atom. The number of aliphatic hydroxyl groups excluding tert-OH is 2. The van der Waals surface area contributed by atoms with E-state index in [2.05, 4.69) is 45.9 Å². The Morgan fingerprint density at radius 3 is 2.10 bits per heavy atom. The van der Waals surface area contributed by atoms with Crippen LogP contribution in [0.1, 0.15) is 53.4 Å². The highest BCUT2D eigenvalue weighted by atomic mass is 32.2. The van der Waals surface area contributed by atoms with Gasteiger partial charge in [0.1, 0.15) is 0 Å². The molecule has 0 spiro atoms. The molecule has 0 aromatic heterocycles. The lowest BCUT2D eigenvalue weighted by molar-refractivity contribution is 0.113. The predicted octanol–water partition coefficient (Wildman–Crippen LogP) is 4.49. The third kappa shape index (κ3) is 14.2. The second kappa shape index (κ2) is 13.2. The second-order valence-electron chi connectivity index (χ2n) is 5.83. The highest BCUT2D eigenvalue weighted by molar-refractivity contribution is 7.99. The molecular formula is C18H32O2S. The fourth-order valence-electron chi connectivity index (χ4n) is 1.80. The monoisotopic (exact) mass is 312 g/mol. The number of rotatable bonds is 11. The molecule has 1 unspecified atom stereocenters. The van der Waals surface area contributed by atoms with E-state index in [1.165, 1.54) is 16.7 Å². The molecule has 0 heterocycles. The van der Waals surface area contributed by atoms with E-state index in [0.29, 0.717) is 5.75 Å². The van der Waals surface area contributed by atoms with Crippen molar-refractivity contribution in [1.82, 2.24) is 0 Å². The molecule has 0 saturated carbocycles. The fourth-order valence-corrected chi connectivity index (χ4v) is 2.71. The Hall–Kier alpha value is -0.510. The van der Waals surface area contributed by atoms with Crippen molar-refractivity contribution in [3.63, 3.8) is 0 Å². The molecule has 2 nitrogen and oxygen atoms in total. The predicted molar refractivity (Wildman–Crippen MR) is 95.8 cm³/mol. The normalized spacial score (nSPS) is 14.2. The molecule has 0 aromatic carbocycles. The van der Waals surface area contributed by atoms with Crippen LogP contribution in [0.3, 0.4) is 0 Å². The smallest absolute Gasteiger partial charge is 0.0861 e. The number of hydrogen-bond donors (Lipinski definition) is 2. The molecular weight excluding hydrogens is 280 g/mol. The lowest BCUT2D eigenvalue weighted by atomic mass is 10.1. The third-order valence-corrected chi connectivity index (χ3v) is 4.22. The Labute approximate surface area is 135 Å². The van der Waals surface area contributed by atoms with E-state index in [1.807, 2.05) is 0 Å². The van der Waals surface area contributed by atoms with Gasteiger partial charge in [0.05, 0.1) is 12.7 Å². The van der Waals surface area contributed by atoms with E-state index in [4.69, 9.17) is 5.11 Å². The summed E-state index contributed by atoms with van der Waals surface area (Å²) in [5.74, 6) is 1.51. The van der Waals surface area contributed by atoms with Crippen molar-refractivity contribution < 1.29 is 10.2 Å². The zero-order valence-electron chi connectivity index (χ0n) is 14.1. The molecule has 1 atom stereocenters. The lowest BCUT2D eigenvalue weighted by Crippen LogP contribution is -2.14. The van der Waals surface area contributed by atoms with Crippen LogP contribution in [0.4, 0.5) is 0 Å². The maximum Gasteiger partial charge on any atom is 0.0861 e. The highest BCUT2D eigenvalue weighted by Gasteiger charge is 2.00. The van der Waals surface area contributed by atoms with Gasteiger partial charge in [-0.1, -0.05) is 34.9 Å². The van der Waals surface area contributed by atoms with Gasteiger partial charge >= 0.3 is 0 Å². The summed E-state index contributed by atoms with van der Waals surface area (Å²) in [4.78, 5) is 0. The van der Waals surface area contributed by atoms with Crippen LogP contribution in [-0.2, 0) is 0 Å². The highest BCUT2D eigenvalue weighted by Crippen LogP contribution is 2.12. The summed E-state index contributed by atoms with van der Waals surface area (Å²) >= 11 is 1.66. The van der Waals surface area contributed by atoms with E-state index in [0.717, 1.165) is 31.4 Å². The maximum atomic E-state index is 9.23. The average Bonchev–Trinajstić information content (AvgIpc) is 2.42. The van der Waals surface area contributed by atoms with Crippen LogP contribution in [0.2, 0.25) is 0 Å². The fraction of sp³-hybridized carbons (Fsp3) is 0.667. The molecule has 0 rings (SSSR count). The molecule has 3 heteroatoms. The average molecular weight is 313 g/mol. The standard InChI is InChI=1S/C18H32O2S/c1-15(2)7-5-8-16(3)9-6-10-17(4)11-12-21-14-18(20)13-19/h7,9,11,18-20H,5-6,8,10,12-14H2,1-4H3/b16-9+,17-11+. The van der Waals surface area contributed by atoms with Gasteiger partial charge in [-0.15, -0.1) is 0 Å². The molecule has 0 aliphatic heterocycles. The van der Waals surface area contributed by atoms with Crippen LogP contribution >= 0.6 is 11.8 Å². The quantitative estimate of drug-likeness (QED) is 0.436. The van der Waals surface area contributed by atoms with Gasteiger partial charge in [-0.05, 0) is 53.4 Å². The molecule has 0 saturated heterocycles. The molecule has 21 heavy (non-hydrogen) atoms. The van der Waals surface area contributed by atoms with Crippen LogP contribution < -0.4 is 0 Å². The van der Waals surface area contributed by atoms with Gasteiger partial charge < -0.3 is 10.2 Å². The summed E-state index contributed by atoms with van der Waals surface area (Å²) in [6.45, 7) is 8.52. The Balaban J connectivity index is 3.80. The molecule has 0 bridgehead atoms. The third-order valence-electron chi connectivity index (χ3n) is 3.19. The van der Waals surface area contributed by atoms with Gasteiger partial charge in [0.25, 0.3) is 0 Å². The van der Waals surface area contributed by atoms with Crippen molar-refractivity contribution in [2.75, 3.05) is 18.1 Å². The van der Waals surface area contributed by atoms with Gasteiger partial charge in [-0.2, -0.15) is 11.8 Å². The van der Waals surface area contributed by atoms with Crippen molar-refractivity contribution in [2.24, 2.45) is 0 Å². The summed E-state index contributed by atoms with van der Waals surface area (Å²) in [7, 11) is 0. The molecule has 122 valence electrons. The Morgan fingerprint density at radius 1 is 0.952 bits per heavy atom. The minimum atomic E-state index is -0.588. The zero-order valence-corrected chi connectivity index (χ0v) is 14.9. The first-order valence-electron chi connectivity index (χ1n) is 7.77. The largest absolute Gasteiger partial charge is 0.394 e. The summed E-state index contributed by atoms with van der Waals surface area (Å²) in [6.07, 6.45) is 10.8. The van der Waals surface area contributed by atoms with Gasteiger partial charge in [-0.25, -0.2) is 0 Å². The van der Waals surface area contributed by atoms with Crippen molar-refractivity contribution >= 4 is 11.8 Å². The van der Waals surface area contributed by atoms with Crippen LogP contribution in [0.25, 0.3) is 0 Å². The van der Waals surface area contributed by atoms with Gasteiger partial charge in [0.2, 0.25) is 0 Å². The number of allylic oxidation sites excluding steroid dienone is 5. The summed E-state index contributed by atoms with van der Waals surface area (Å²) in [6, 6.07) is 0. The Kier molecular flexibility index (Phi) is 12.9. The van der Waals surface area contributed by atoms with Crippen LogP contribution in [-0.4, -0.2) is 34.4 Å². The van der Waals surface area contributed by atoms with Crippen LogP contribution in [0, 0.1) is 0 Å². The molecule has 0 amide bonds. The number of aliphatic hydroxyl groups is 2. The topological polar surface area (TPSA) is 40.5 Å². The molecule has 0 radical (unpaired) electrons. The van der Waals surface area contributed by atoms with E-state index < -0.39 is 6.10 Å². The van der Waals surface area contributed by atoms with Gasteiger partial charge in [0, 0.05) is 11.5 Å². The molecule has 0 fully saturated rings. The van der Waals surface area contributed by atoms with Crippen LogP contribution in [0.5, 0.6) is 0 Å². The van der Waals surface area contributed by atoms with Gasteiger partial charge in [0.15, 0.2) is 0 Å². The SMILES string of the molecule is CC(C)=CCC/C(C)=C/CC/C(C)=C/CSCC(O)CO. The summed E-state index contributed by atoms with van der Waals surface area (Å²) < 4.78 is 0. The van der Waals surface area contributed by atoms with E-state index in [-0.39, 0.29) is 6.61 Å². The summed E-state index contributed by atoms with van der Waals surface area (Å²) in [5, 5.41) is 17.9. The van der Waals surface area contributed by atoms with Crippen molar-refractivity contribution in [1.29, 1.82) is 0 Å². The molecule has 0 aliphatic rings. The minimum Gasteiger partial charge on any atom is -0.394 e. The van der Waals surface area contributed by atoms with E-state index >= 15 is 0 Å². The van der Waals surface area contributed by atoms with E-state index in [1.54, 1.807) is 11.8 Å². The second-order valence-corrected chi connectivity index (χ2v) is 6.91. The van der Waals surface area contributed by atoms with Crippen molar-refractivity contribution in [2.45, 2.75) is 59.5 Å². The Bertz CT molecular complexity index is 352. The zero-order chi connectivity index (χ0) is 16.1. The maximum absolute atomic E-state index is 9.23. The molecule has 0 aromatic rings. The first-order valence-corrected chi connectivity index (χ1v) is 8.92.